The van der Waals surface area contributed by atoms with E-state index < -0.39 is 0 Å². The van der Waals surface area contributed by atoms with Crippen molar-refractivity contribution >= 4 is 5.82 Å². The van der Waals surface area contributed by atoms with Crippen LogP contribution in [0.4, 0.5) is 5.82 Å². The highest BCUT2D eigenvalue weighted by Gasteiger charge is 2.07. The van der Waals surface area contributed by atoms with Gasteiger partial charge < -0.3 is 9.88 Å². The molecule has 0 saturated carbocycles. The molecule has 0 amide bonds. The normalized spacial score (nSPS) is 12.3. The quantitative estimate of drug-likeness (QED) is 0.753. The first-order valence-electron chi connectivity index (χ1n) is 7.28. The Balaban J connectivity index is 1.57. The third-order valence-corrected chi connectivity index (χ3v) is 3.46. The highest BCUT2D eigenvalue weighted by molar-refractivity contribution is 5.51. The minimum Gasteiger partial charge on any atom is -0.366 e. The number of rotatable bonds is 6. The van der Waals surface area contributed by atoms with E-state index in [9.17, 15) is 0 Å². The van der Waals surface area contributed by atoms with Crippen LogP contribution < -0.4 is 5.32 Å². The van der Waals surface area contributed by atoms with Gasteiger partial charge in [-0.1, -0.05) is 0 Å². The molecule has 0 aromatic carbocycles. The van der Waals surface area contributed by atoms with E-state index in [4.69, 9.17) is 0 Å². The van der Waals surface area contributed by atoms with Crippen molar-refractivity contribution in [3.05, 3.63) is 43.0 Å². The first-order chi connectivity index (χ1) is 10.7. The number of nitrogens with zero attached hydrogens (tertiary/aromatic N) is 6. The van der Waals surface area contributed by atoms with Crippen LogP contribution in [0.5, 0.6) is 0 Å². The zero-order valence-corrected chi connectivity index (χ0v) is 12.7. The first-order valence-corrected chi connectivity index (χ1v) is 7.28. The second kappa shape index (κ2) is 6.38. The van der Waals surface area contributed by atoms with Crippen molar-refractivity contribution in [1.29, 1.82) is 0 Å². The Morgan fingerprint density at radius 2 is 2.09 bits per heavy atom. The van der Waals surface area contributed by atoms with Gasteiger partial charge in [-0.3, -0.25) is 4.68 Å². The lowest BCUT2D eigenvalue weighted by molar-refractivity contribution is 0.544. The fraction of sp³-hybridized carbons (Fsp3) is 0.333. The molecule has 0 spiro atoms. The number of hydrogen-bond donors (Lipinski definition) is 1. The van der Waals surface area contributed by atoms with Crippen molar-refractivity contribution < 1.29 is 0 Å². The van der Waals surface area contributed by atoms with Crippen molar-refractivity contribution in [2.24, 2.45) is 7.05 Å². The Morgan fingerprint density at radius 1 is 1.18 bits per heavy atom. The largest absolute Gasteiger partial charge is 0.366 e. The Labute approximate surface area is 129 Å². The Kier molecular flexibility index (Phi) is 4.13. The minimum absolute atomic E-state index is 0.289. The maximum absolute atomic E-state index is 4.26. The predicted molar refractivity (Wildman–Crippen MR) is 84.2 cm³/mol. The number of aromatic nitrogens is 6. The van der Waals surface area contributed by atoms with Crippen molar-refractivity contribution in [1.82, 2.24) is 29.5 Å². The summed E-state index contributed by atoms with van der Waals surface area (Å²) < 4.78 is 3.85. The van der Waals surface area contributed by atoms with Crippen LogP contribution in [-0.4, -0.2) is 35.6 Å². The van der Waals surface area contributed by atoms with Gasteiger partial charge in [0.25, 0.3) is 0 Å². The molecule has 3 aromatic heterocycles. The van der Waals surface area contributed by atoms with Gasteiger partial charge in [0.15, 0.2) is 5.82 Å². The van der Waals surface area contributed by atoms with E-state index in [-0.39, 0.29) is 6.04 Å². The summed E-state index contributed by atoms with van der Waals surface area (Å²) in [5.74, 6) is 1.58. The van der Waals surface area contributed by atoms with Gasteiger partial charge in [0.2, 0.25) is 0 Å². The maximum Gasteiger partial charge on any atom is 0.160 e. The van der Waals surface area contributed by atoms with E-state index in [2.05, 4.69) is 32.5 Å². The molecule has 1 N–H and O–H groups in total. The van der Waals surface area contributed by atoms with Crippen LogP contribution in [0.25, 0.3) is 11.5 Å². The smallest absolute Gasteiger partial charge is 0.160 e. The van der Waals surface area contributed by atoms with Gasteiger partial charge in [0.1, 0.15) is 11.5 Å². The van der Waals surface area contributed by atoms with Gasteiger partial charge in [-0.25, -0.2) is 4.98 Å². The molecule has 1 atom stereocenters. The van der Waals surface area contributed by atoms with Gasteiger partial charge in [-0.2, -0.15) is 5.10 Å². The van der Waals surface area contributed by atoms with Crippen LogP contribution in [0.2, 0.25) is 0 Å². The van der Waals surface area contributed by atoms with Gasteiger partial charge in [-0.05, 0) is 31.5 Å². The van der Waals surface area contributed by atoms with Crippen LogP contribution in [0.3, 0.4) is 0 Å². The van der Waals surface area contributed by atoms with Crippen molar-refractivity contribution in [2.75, 3.05) is 5.32 Å². The van der Waals surface area contributed by atoms with Gasteiger partial charge >= 0.3 is 0 Å². The molecular formula is C15H19N7. The van der Waals surface area contributed by atoms with Crippen LogP contribution in [-0.2, 0) is 13.6 Å². The van der Waals surface area contributed by atoms with E-state index >= 15 is 0 Å². The van der Waals surface area contributed by atoms with Gasteiger partial charge in [-0.15, -0.1) is 10.2 Å². The summed E-state index contributed by atoms with van der Waals surface area (Å²) in [4.78, 5) is 4.26. The average molecular weight is 297 g/mol. The van der Waals surface area contributed by atoms with E-state index in [1.54, 1.807) is 12.4 Å². The summed E-state index contributed by atoms with van der Waals surface area (Å²) in [6.07, 6.45) is 8.36. The average Bonchev–Trinajstić information content (AvgIpc) is 3.17. The molecule has 0 bridgehead atoms. The molecule has 0 saturated heterocycles. The highest BCUT2D eigenvalue weighted by Crippen LogP contribution is 2.14. The molecular weight excluding hydrogens is 278 g/mol. The van der Waals surface area contributed by atoms with Crippen molar-refractivity contribution in [3.8, 4) is 11.5 Å². The Hall–Kier alpha value is -2.70. The van der Waals surface area contributed by atoms with E-state index in [1.165, 1.54) is 0 Å². The lowest BCUT2D eigenvalue weighted by Gasteiger charge is -2.14. The molecule has 0 unspecified atom stereocenters. The van der Waals surface area contributed by atoms with Gasteiger partial charge in [0.05, 0.1) is 0 Å². The first kappa shape index (κ1) is 14.2. The Bertz CT molecular complexity index is 700. The molecule has 0 aliphatic heterocycles. The molecule has 0 radical (unpaired) electrons. The molecule has 114 valence electrons. The zero-order valence-electron chi connectivity index (χ0n) is 12.7. The number of nitrogens with one attached hydrogen (secondary N) is 1. The van der Waals surface area contributed by atoms with Crippen molar-refractivity contribution in [2.45, 2.75) is 25.9 Å². The van der Waals surface area contributed by atoms with Crippen LogP contribution in [0, 0.1) is 0 Å². The fourth-order valence-electron chi connectivity index (χ4n) is 2.22. The molecule has 7 nitrogen and oxygen atoms in total. The number of anilines is 1. The molecule has 3 heterocycles. The fourth-order valence-corrected chi connectivity index (χ4v) is 2.22. The molecule has 3 aromatic rings. The molecule has 22 heavy (non-hydrogen) atoms. The van der Waals surface area contributed by atoms with Crippen LogP contribution >= 0.6 is 0 Å². The summed E-state index contributed by atoms with van der Waals surface area (Å²) >= 11 is 0. The lowest BCUT2D eigenvalue weighted by Crippen LogP contribution is -2.19. The Morgan fingerprint density at radius 3 is 2.73 bits per heavy atom. The lowest BCUT2D eigenvalue weighted by atomic mass is 10.2. The van der Waals surface area contributed by atoms with E-state index in [0.717, 1.165) is 30.3 Å². The third kappa shape index (κ3) is 3.30. The predicted octanol–water partition coefficient (Wildman–Crippen LogP) is 1.96. The second-order valence-corrected chi connectivity index (χ2v) is 5.27. The van der Waals surface area contributed by atoms with E-state index in [0.29, 0.717) is 0 Å². The molecule has 3 rings (SSSR count). The standard InChI is InChI=1S/C15H19N7/c1-12(6-10-22-9-3-7-17-22)18-14-5-4-13(19-20-14)15-16-8-11-21(15)2/h3-5,7-9,11-12H,6,10H2,1-2H3,(H,18,20)/t12-/m0/s1. The SMILES string of the molecule is C[C@@H](CCn1cccn1)Nc1ccc(-c2nccn2C)nn1. The summed E-state index contributed by atoms with van der Waals surface area (Å²) in [7, 11) is 1.94. The topological polar surface area (TPSA) is 73.5 Å². The number of imidazole rings is 1. The van der Waals surface area contributed by atoms with Gasteiger partial charge in [0, 0.05) is 44.4 Å². The molecule has 7 heteroatoms. The summed E-state index contributed by atoms with van der Waals surface area (Å²) in [5.41, 5.74) is 0.766. The monoisotopic (exact) mass is 297 g/mol. The molecule has 0 aliphatic carbocycles. The molecule has 0 aliphatic rings. The zero-order chi connectivity index (χ0) is 15.4. The number of aryl methyl sites for hydroxylation is 2. The summed E-state index contributed by atoms with van der Waals surface area (Å²) in [6, 6.07) is 6.08. The highest BCUT2D eigenvalue weighted by atomic mass is 15.3. The third-order valence-electron chi connectivity index (χ3n) is 3.46. The van der Waals surface area contributed by atoms with E-state index in [1.807, 2.05) is 46.9 Å². The van der Waals surface area contributed by atoms with Crippen LogP contribution in [0.1, 0.15) is 13.3 Å². The van der Waals surface area contributed by atoms with Crippen LogP contribution in [0.15, 0.2) is 43.0 Å². The summed E-state index contributed by atoms with van der Waals surface area (Å²) in [5, 5.41) is 16.0. The summed E-state index contributed by atoms with van der Waals surface area (Å²) in [6.45, 7) is 3.00. The molecule has 0 fully saturated rings. The van der Waals surface area contributed by atoms with Crippen molar-refractivity contribution in [3.63, 3.8) is 0 Å². The minimum atomic E-state index is 0.289. The number of hydrogen-bond acceptors (Lipinski definition) is 5. The second-order valence-electron chi connectivity index (χ2n) is 5.27. The maximum atomic E-state index is 4.26.